The van der Waals surface area contributed by atoms with E-state index in [-0.39, 0.29) is 24.7 Å². The van der Waals surface area contributed by atoms with Crippen molar-refractivity contribution in [3.63, 3.8) is 0 Å². The van der Waals surface area contributed by atoms with Gasteiger partial charge in [0.15, 0.2) is 0 Å². The molecule has 0 saturated heterocycles. The van der Waals surface area contributed by atoms with Gasteiger partial charge in [0.05, 0.1) is 18.9 Å². The Morgan fingerprint density at radius 2 is 1.49 bits per heavy atom. The van der Waals surface area contributed by atoms with E-state index in [0.29, 0.717) is 23.6 Å². The zero-order valence-electron chi connectivity index (χ0n) is 19.8. The molecule has 0 aliphatic carbocycles. The largest absolute Gasteiger partial charge is 0.490 e. The number of aryl methyl sites for hydroxylation is 1. The highest BCUT2D eigenvalue weighted by Gasteiger charge is 2.38. The Balaban J connectivity index is 0.000000856. The smallest absolute Gasteiger partial charge is 0.481 e. The molecule has 0 fully saturated rings. The highest BCUT2D eigenvalue weighted by atomic mass is 33.1. The van der Waals surface area contributed by atoms with Crippen molar-refractivity contribution in [2.24, 2.45) is 0 Å². The summed E-state index contributed by atoms with van der Waals surface area (Å²) < 4.78 is 31.7. The zero-order chi connectivity index (χ0) is 27.8. The summed E-state index contributed by atoms with van der Waals surface area (Å²) in [7, 11) is 3.01. The number of carbonyl (C=O) groups is 4. The molecule has 2 aromatic rings. The molecule has 0 saturated carbocycles. The van der Waals surface area contributed by atoms with E-state index in [4.69, 9.17) is 15.0 Å². The number of aliphatic carboxylic acids is 2. The van der Waals surface area contributed by atoms with Crippen LogP contribution in [0.3, 0.4) is 0 Å². The van der Waals surface area contributed by atoms with Crippen LogP contribution in [0.4, 0.5) is 13.2 Å². The first kappa shape index (κ1) is 31.8. The Morgan fingerprint density at radius 3 is 2.03 bits per heavy atom. The van der Waals surface area contributed by atoms with Gasteiger partial charge < -0.3 is 20.8 Å². The number of nitrogens with one attached hydrogen (secondary N) is 2. The molecule has 202 valence electrons. The van der Waals surface area contributed by atoms with Gasteiger partial charge in [0.25, 0.3) is 5.91 Å². The number of hydrogen-bond acceptors (Lipinski definition) is 6. The number of alkyl halides is 3. The maximum absolute atomic E-state index is 12.6. The third-order valence-electron chi connectivity index (χ3n) is 4.44. The van der Waals surface area contributed by atoms with E-state index in [1.54, 1.807) is 12.1 Å². The van der Waals surface area contributed by atoms with Gasteiger partial charge in [-0.25, -0.2) is 4.79 Å². The first-order valence-electron chi connectivity index (χ1n) is 10.9. The van der Waals surface area contributed by atoms with E-state index in [1.165, 1.54) is 21.6 Å². The van der Waals surface area contributed by atoms with E-state index < -0.39 is 24.2 Å². The Hall–Kier alpha value is -3.19. The summed E-state index contributed by atoms with van der Waals surface area (Å²) in [5.74, 6) is -2.72. The Morgan fingerprint density at radius 1 is 0.919 bits per heavy atom. The summed E-state index contributed by atoms with van der Waals surface area (Å²) in [5, 5.41) is 21.6. The van der Waals surface area contributed by atoms with Gasteiger partial charge in [0.2, 0.25) is 5.91 Å². The van der Waals surface area contributed by atoms with E-state index in [2.05, 4.69) is 10.6 Å². The Kier molecular flexibility index (Phi) is 14.2. The van der Waals surface area contributed by atoms with Gasteiger partial charge in [-0.15, -0.1) is 0 Å². The summed E-state index contributed by atoms with van der Waals surface area (Å²) in [5.41, 5.74) is 2.49. The van der Waals surface area contributed by atoms with Crippen LogP contribution in [0, 0.1) is 6.92 Å². The van der Waals surface area contributed by atoms with Gasteiger partial charge in [-0.1, -0.05) is 69.6 Å². The van der Waals surface area contributed by atoms with Crippen LogP contribution in [-0.2, 0) is 14.4 Å². The Labute approximate surface area is 219 Å². The van der Waals surface area contributed by atoms with Crippen LogP contribution in [0.5, 0.6) is 0 Å². The molecule has 0 spiro atoms. The first-order chi connectivity index (χ1) is 17.4. The zero-order valence-corrected chi connectivity index (χ0v) is 21.4. The fourth-order valence-corrected chi connectivity index (χ4v) is 4.51. The highest BCUT2D eigenvalue weighted by Crippen LogP contribution is 2.21. The van der Waals surface area contributed by atoms with Gasteiger partial charge in [-0.2, -0.15) is 13.2 Å². The number of carbonyl (C=O) groups excluding carboxylic acids is 2. The van der Waals surface area contributed by atoms with Gasteiger partial charge in [-0.05, 0) is 24.6 Å². The van der Waals surface area contributed by atoms with Crippen LogP contribution in [0.15, 0.2) is 54.6 Å². The van der Waals surface area contributed by atoms with Crippen LogP contribution < -0.4 is 10.6 Å². The van der Waals surface area contributed by atoms with Crippen molar-refractivity contribution in [3.05, 3.63) is 71.3 Å². The lowest BCUT2D eigenvalue weighted by atomic mass is 10.0. The van der Waals surface area contributed by atoms with Crippen molar-refractivity contribution in [1.82, 2.24) is 10.6 Å². The van der Waals surface area contributed by atoms with Gasteiger partial charge in [0, 0.05) is 23.6 Å². The second-order valence-corrected chi connectivity index (χ2v) is 10.1. The number of benzene rings is 2. The average Bonchev–Trinajstić information content (AvgIpc) is 2.83. The normalized spacial score (nSPS) is 11.5. The number of carboxylic acid groups (broad SMARTS) is 2. The molecular weight excluding hydrogens is 533 g/mol. The number of rotatable bonds is 12. The van der Waals surface area contributed by atoms with E-state index in [9.17, 15) is 27.6 Å². The number of amides is 2. The molecule has 2 rings (SSSR count). The first-order valence-corrected chi connectivity index (χ1v) is 13.3. The SMILES string of the molecule is Cc1ccc(C(=O)NC(CC(=O)NCCSSCCC(=O)O)c2ccccc2)cc1.O=C(O)C(F)(F)F. The van der Waals surface area contributed by atoms with E-state index >= 15 is 0 Å². The molecule has 8 nitrogen and oxygen atoms in total. The molecule has 37 heavy (non-hydrogen) atoms. The van der Waals surface area contributed by atoms with Crippen LogP contribution in [0.25, 0.3) is 0 Å². The molecule has 1 unspecified atom stereocenters. The summed E-state index contributed by atoms with van der Waals surface area (Å²) in [6.45, 7) is 2.44. The minimum atomic E-state index is -5.08. The summed E-state index contributed by atoms with van der Waals surface area (Å²) >= 11 is 0. The highest BCUT2D eigenvalue weighted by molar-refractivity contribution is 8.76. The van der Waals surface area contributed by atoms with Crippen molar-refractivity contribution < 1.29 is 42.6 Å². The second kappa shape index (κ2) is 16.5. The van der Waals surface area contributed by atoms with E-state index in [1.807, 2.05) is 49.4 Å². The molecule has 0 bridgehead atoms. The molecule has 0 aliphatic rings. The molecule has 0 heterocycles. The quantitative estimate of drug-likeness (QED) is 0.221. The van der Waals surface area contributed by atoms with Gasteiger partial charge in [-0.3, -0.25) is 14.4 Å². The standard InChI is InChI=1S/C22H26N2O4S2.C2HF3O2/c1-16-7-9-18(10-8-16)22(28)24-19(17-5-3-2-4-6-17)15-20(25)23-12-14-30-29-13-11-21(26)27;3-2(4,5)1(6)7/h2-10,19H,11-15H2,1H3,(H,23,25)(H,24,28)(H,26,27);(H,6,7). The van der Waals surface area contributed by atoms with Crippen LogP contribution in [0.1, 0.15) is 40.4 Å². The van der Waals surface area contributed by atoms with Crippen LogP contribution in [0.2, 0.25) is 0 Å². The lowest BCUT2D eigenvalue weighted by Gasteiger charge is -2.19. The molecule has 13 heteroatoms. The fourth-order valence-electron chi connectivity index (χ4n) is 2.62. The minimum Gasteiger partial charge on any atom is -0.481 e. The molecule has 0 aromatic heterocycles. The van der Waals surface area contributed by atoms with Gasteiger partial charge in [0.1, 0.15) is 0 Å². The summed E-state index contributed by atoms with van der Waals surface area (Å²) in [6, 6.07) is 16.3. The monoisotopic (exact) mass is 560 g/mol. The number of halogens is 3. The van der Waals surface area contributed by atoms with E-state index in [0.717, 1.165) is 11.1 Å². The maximum Gasteiger partial charge on any atom is 0.490 e. The molecular formula is C24H27F3N2O6S2. The molecule has 1 atom stereocenters. The Bertz CT molecular complexity index is 1020. The topological polar surface area (TPSA) is 133 Å². The molecule has 4 N–H and O–H groups in total. The van der Waals surface area contributed by atoms with Crippen molar-refractivity contribution in [2.45, 2.75) is 32.0 Å². The van der Waals surface area contributed by atoms with Crippen LogP contribution >= 0.6 is 21.6 Å². The molecule has 2 amide bonds. The minimum absolute atomic E-state index is 0.128. The third kappa shape index (κ3) is 14.2. The fraction of sp³-hybridized carbons (Fsp3) is 0.333. The predicted molar refractivity (Wildman–Crippen MR) is 136 cm³/mol. The summed E-state index contributed by atoms with van der Waals surface area (Å²) in [6.07, 6.45) is -4.82. The molecule has 0 radical (unpaired) electrons. The lowest BCUT2D eigenvalue weighted by molar-refractivity contribution is -0.192. The van der Waals surface area contributed by atoms with Crippen LogP contribution in [-0.4, -0.2) is 58.2 Å². The van der Waals surface area contributed by atoms with Crippen molar-refractivity contribution in [2.75, 3.05) is 18.1 Å². The number of hydrogen-bond donors (Lipinski definition) is 4. The van der Waals surface area contributed by atoms with Crippen molar-refractivity contribution in [1.29, 1.82) is 0 Å². The lowest BCUT2D eigenvalue weighted by Crippen LogP contribution is -2.34. The third-order valence-corrected chi connectivity index (χ3v) is 6.85. The molecule has 2 aromatic carbocycles. The van der Waals surface area contributed by atoms with Crippen molar-refractivity contribution >= 4 is 45.3 Å². The van der Waals surface area contributed by atoms with Gasteiger partial charge >= 0.3 is 18.1 Å². The van der Waals surface area contributed by atoms with Crippen molar-refractivity contribution in [3.8, 4) is 0 Å². The number of carboxylic acids is 2. The summed E-state index contributed by atoms with van der Waals surface area (Å²) in [4.78, 5) is 44.4. The molecule has 0 aliphatic heterocycles. The maximum atomic E-state index is 12.6. The average molecular weight is 561 g/mol. The second-order valence-electron chi connectivity index (χ2n) is 7.45. The predicted octanol–water partition coefficient (Wildman–Crippen LogP) is 4.46.